The van der Waals surface area contributed by atoms with Gasteiger partial charge in [0.2, 0.25) is 5.95 Å². The van der Waals surface area contributed by atoms with Crippen LogP contribution in [-0.4, -0.2) is 46.3 Å². The molecular weight excluding hydrogens is 345 g/mol. The van der Waals surface area contributed by atoms with E-state index < -0.39 is 0 Å². The molecule has 1 N–H and O–H groups in total. The zero-order chi connectivity index (χ0) is 18.5. The van der Waals surface area contributed by atoms with Gasteiger partial charge in [-0.2, -0.15) is 10.1 Å². The van der Waals surface area contributed by atoms with Gasteiger partial charge in [0, 0.05) is 50.8 Å². The number of halogens is 1. The van der Waals surface area contributed by atoms with Crippen LogP contribution in [0.4, 0.5) is 21.8 Å². The molecule has 1 aliphatic rings. The molecule has 1 fully saturated rings. The van der Waals surface area contributed by atoms with E-state index in [0.29, 0.717) is 18.3 Å². The van der Waals surface area contributed by atoms with Crippen LogP contribution in [0.25, 0.3) is 0 Å². The van der Waals surface area contributed by atoms with Crippen LogP contribution in [0.5, 0.6) is 0 Å². The fourth-order valence-corrected chi connectivity index (χ4v) is 3.02. The smallest absolute Gasteiger partial charge is 0.247 e. The van der Waals surface area contributed by atoms with Crippen molar-refractivity contribution in [1.29, 1.82) is 0 Å². The molecule has 0 spiro atoms. The van der Waals surface area contributed by atoms with E-state index in [4.69, 9.17) is 0 Å². The molecular formula is C19H20FN7. The minimum Gasteiger partial charge on any atom is -0.368 e. The summed E-state index contributed by atoms with van der Waals surface area (Å²) in [4.78, 5) is 12.9. The van der Waals surface area contributed by atoms with Gasteiger partial charge in [-0.15, -0.1) is 5.10 Å². The molecule has 8 heteroatoms. The molecule has 27 heavy (non-hydrogen) atoms. The highest BCUT2D eigenvalue weighted by molar-refractivity contribution is 5.49. The maximum Gasteiger partial charge on any atom is 0.247 e. The second-order valence-electron chi connectivity index (χ2n) is 6.30. The molecule has 1 aliphatic heterocycles. The van der Waals surface area contributed by atoms with Gasteiger partial charge in [0.15, 0.2) is 5.82 Å². The molecule has 4 rings (SSSR count). The van der Waals surface area contributed by atoms with E-state index in [1.807, 2.05) is 24.3 Å². The van der Waals surface area contributed by atoms with Crippen molar-refractivity contribution in [3.05, 3.63) is 66.4 Å². The summed E-state index contributed by atoms with van der Waals surface area (Å²) in [5.74, 6) is 1.10. The van der Waals surface area contributed by atoms with Crippen LogP contribution in [0.3, 0.4) is 0 Å². The molecule has 1 saturated heterocycles. The molecule has 0 atom stereocenters. The zero-order valence-corrected chi connectivity index (χ0v) is 14.8. The lowest BCUT2D eigenvalue weighted by atomic mass is 10.2. The normalized spacial score (nSPS) is 14.3. The Kier molecular flexibility index (Phi) is 5.04. The molecule has 0 radical (unpaired) electrons. The fourth-order valence-electron chi connectivity index (χ4n) is 3.02. The molecule has 1 aromatic carbocycles. The zero-order valence-electron chi connectivity index (χ0n) is 14.8. The summed E-state index contributed by atoms with van der Waals surface area (Å²) in [6.07, 6.45) is 5.15. The summed E-state index contributed by atoms with van der Waals surface area (Å²) in [6.45, 7) is 3.87. The van der Waals surface area contributed by atoms with Crippen LogP contribution in [0, 0.1) is 5.82 Å². The van der Waals surface area contributed by atoms with Gasteiger partial charge in [-0.25, -0.2) is 4.39 Å². The summed E-state index contributed by atoms with van der Waals surface area (Å²) < 4.78 is 13.1. The first-order valence-corrected chi connectivity index (χ1v) is 8.86. The van der Waals surface area contributed by atoms with E-state index >= 15 is 0 Å². The summed E-state index contributed by atoms with van der Waals surface area (Å²) >= 11 is 0. The predicted molar refractivity (Wildman–Crippen MR) is 102 cm³/mol. The van der Waals surface area contributed by atoms with E-state index in [2.05, 4.69) is 35.3 Å². The molecule has 3 heterocycles. The predicted octanol–water partition coefficient (Wildman–Crippen LogP) is 2.34. The van der Waals surface area contributed by atoms with Gasteiger partial charge in [0.1, 0.15) is 5.82 Å². The Labute approximate surface area is 156 Å². The number of aromatic nitrogens is 4. The van der Waals surface area contributed by atoms with Gasteiger partial charge < -0.3 is 15.1 Å². The summed E-state index contributed by atoms with van der Waals surface area (Å²) in [5, 5.41) is 11.5. The van der Waals surface area contributed by atoms with Crippen LogP contribution >= 0.6 is 0 Å². The van der Waals surface area contributed by atoms with Crippen molar-refractivity contribution in [3.8, 4) is 0 Å². The van der Waals surface area contributed by atoms with E-state index in [1.165, 1.54) is 12.1 Å². The monoisotopic (exact) mass is 365 g/mol. The van der Waals surface area contributed by atoms with Gasteiger partial charge in [0.25, 0.3) is 0 Å². The first kappa shape index (κ1) is 17.1. The standard InChI is InChI=1S/C19H20FN7/c20-16-1-3-17(4-2-16)26-9-11-27(12-10-26)19-24-18(14-23-25-19)22-13-15-5-7-21-8-6-15/h1-8,14H,9-13H2,(H,22,24,25). The number of nitrogens with zero attached hydrogens (tertiary/aromatic N) is 6. The minimum atomic E-state index is -0.215. The Hall–Kier alpha value is -3.29. The maximum atomic E-state index is 13.1. The number of nitrogens with one attached hydrogen (secondary N) is 1. The minimum absolute atomic E-state index is 0.215. The molecule has 0 saturated carbocycles. The van der Waals surface area contributed by atoms with Crippen molar-refractivity contribution >= 4 is 17.5 Å². The van der Waals surface area contributed by atoms with Crippen molar-refractivity contribution in [3.63, 3.8) is 0 Å². The van der Waals surface area contributed by atoms with Gasteiger partial charge >= 0.3 is 0 Å². The average molecular weight is 365 g/mol. The Morgan fingerprint density at radius 3 is 2.37 bits per heavy atom. The van der Waals surface area contributed by atoms with Crippen LogP contribution < -0.4 is 15.1 Å². The number of pyridine rings is 1. The highest BCUT2D eigenvalue weighted by atomic mass is 19.1. The van der Waals surface area contributed by atoms with Crippen molar-refractivity contribution in [2.45, 2.75) is 6.54 Å². The Morgan fingerprint density at radius 2 is 1.63 bits per heavy atom. The third-order valence-electron chi connectivity index (χ3n) is 4.52. The van der Waals surface area contributed by atoms with Crippen LogP contribution in [0.15, 0.2) is 55.0 Å². The van der Waals surface area contributed by atoms with Crippen molar-refractivity contribution in [2.75, 3.05) is 41.3 Å². The first-order valence-electron chi connectivity index (χ1n) is 8.86. The molecule has 2 aromatic heterocycles. The lowest BCUT2D eigenvalue weighted by molar-refractivity contribution is 0.622. The second-order valence-corrected chi connectivity index (χ2v) is 6.30. The topological polar surface area (TPSA) is 70.1 Å². The van der Waals surface area contributed by atoms with E-state index in [0.717, 1.165) is 37.4 Å². The second kappa shape index (κ2) is 7.94. The third-order valence-corrected chi connectivity index (χ3v) is 4.52. The van der Waals surface area contributed by atoms with E-state index in [9.17, 15) is 4.39 Å². The van der Waals surface area contributed by atoms with E-state index in [1.54, 1.807) is 18.6 Å². The number of piperazine rings is 1. The molecule has 0 bridgehead atoms. The summed E-state index contributed by atoms with van der Waals surface area (Å²) in [6, 6.07) is 10.5. The quantitative estimate of drug-likeness (QED) is 0.744. The van der Waals surface area contributed by atoms with Gasteiger partial charge in [-0.05, 0) is 42.0 Å². The number of hydrogen-bond acceptors (Lipinski definition) is 7. The van der Waals surface area contributed by atoms with Gasteiger partial charge in [-0.3, -0.25) is 4.98 Å². The highest BCUT2D eigenvalue weighted by Gasteiger charge is 2.20. The Bertz CT molecular complexity index is 865. The van der Waals surface area contributed by atoms with Crippen LogP contribution in [0.2, 0.25) is 0 Å². The molecule has 3 aromatic rings. The molecule has 7 nitrogen and oxygen atoms in total. The van der Waals surface area contributed by atoms with Gasteiger partial charge in [-0.1, -0.05) is 0 Å². The maximum absolute atomic E-state index is 13.1. The van der Waals surface area contributed by atoms with Crippen LogP contribution in [-0.2, 0) is 6.54 Å². The van der Waals surface area contributed by atoms with Crippen LogP contribution in [0.1, 0.15) is 5.56 Å². The summed E-state index contributed by atoms with van der Waals surface area (Å²) in [7, 11) is 0. The molecule has 138 valence electrons. The fraction of sp³-hybridized carbons (Fsp3) is 0.263. The lowest BCUT2D eigenvalue weighted by Gasteiger charge is -2.35. The van der Waals surface area contributed by atoms with Gasteiger partial charge in [0.05, 0.1) is 6.20 Å². The summed E-state index contributed by atoms with van der Waals surface area (Å²) in [5.41, 5.74) is 2.15. The lowest BCUT2D eigenvalue weighted by Crippen LogP contribution is -2.47. The van der Waals surface area contributed by atoms with Crippen molar-refractivity contribution in [1.82, 2.24) is 20.2 Å². The largest absolute Gasteiger partial charge is 0.368 e. The molecule has 0 amide bonds. The number of hydrogen-bond donors (Lipinski definition) is 1. The van der Waals surface area contributed by atoms with Crippen molar-refractivity contribution in [2.24, 2.45) is 0 Å². The SMILES string of the molecule is Fc1ccc(N2CCN(c3nncc(NCc4ccncc4)n3)CC2)cc1. The number of rotatable bonds is 5. The Morgan fingerprint density at radius 1 is 0.926 bits per heavy atom. The average Bonchev–Trinajstić information content (AvgIpc) is 2.74. The number of benzene rings is 1. The van der Waals surface area contributed by atoms with Crippen molar-refractivity contribution < 1.29 is 4.39 Å². The third kappa shape index (κ3) is 4.28. The number of anilines is 3. The molecule has 0 unspecified atom stereocenters. The first-order chi connectivity index (χ1) is 13.3. The van der Waals surface area contributed by atoms with E-state index in [-0.39, 0.29) is 5.82 Å². The molecule has 0 aliphatic carbocycles. The Balaban J connectivity index is 1.36. The highest BCUT2D eigenvalue weighted by Crippen LogP contribution is 2.19.